The van der Waals surface area contributed by atoms with Gasteiger partial charge in [0, 0.05) is 13.0 Å². The molecule has 1 amide bonds. The Bertz CT molecular complexity index is 652. The van der Waals surface area contributed by atoms with Gasteiger partial charge in [-0.15, -0.1) is 0 Å². The van der Waals surface area contributed by atoms with Crippen LogP contribution in [0.3, 0.4) is 0 Å². The van der Waals surface area contributed by atoms with Crippen molar-refractivity contribution >= 4 is 21.9 Å². The molecule has 0 aliphatic rings. The van der Waals surface area contributed by atoms with Crippen LogP contribution in [0, 0.1) is 13.8 Å². The monoisotopic (exact) mass is 300 g/mol. The molecule has 0 radical (unpaired) electrons. The summed E-state index contributed by atoms with van der Waals surface area (Å²) in [5, 5.41) is 8.96. The van der Waals surface area contributed by atoms with Gasteiger partial charge in [-0.2, -0.15) is 0 Å². The lowest BCUT2D eigenvalue weighted by atomic mass is 10.1. The third-order valence-corrected chi connectivity index (χ3v) is 4.41. The van der Waals surface area contributed by atoms with Crippen LogP contribution in [0.15, 0.2) is 17.0 Å². The molecule has 0 heterocycles. The van der Waals surface area contributed by atoms with Crippen LogP contribution in [-0.2, 0) is 14.8 Å². The van der Waals surface area contributed by atoms with Crippen LogP contribution in [0.2, 0.25) is 0 Å². The zero-order chi connectivity index (χ0) is 15.5. The van der Waals surface area contributed by atoms with E-state index in [-0.39, 0.29) is 23.4 Å². The highest BCUT2D eigenvalue weighted by Gasteiger charge is 2.20. The van der Waals surface area contributed by atoms with Crippen LogP contribution >= 0.6 is 0 Å². The second-order valence-corrected chi connectivity index (χ2v) is 6.07. The predicted molar refractivity (Wildman–Crippen MR) is 71.9 cm³/mol. The third-order valence-electron chi connectivity index (χ3n) is 2.82. The van der Waals surface area contributed by atoms with E-state index in [1.165, 1.54) is 6.07 Å². The molecule has 0 aliphatic carbocycles. The Labute approximate surface area is 116 Å². The maximum Gasteiger partial charge on any atom is 0.335 e. The average Bonchev–Trinajstić information content (AvgIpc) is 2.31. The minimum Gasteiger partial charge on any atom is -0.478 e. The van der Waals surface area contributed by atoms with Gasteiger partial charge < -0.3 is 10.8 Å². The largest absolute Gasteiger partial charge is 0.478 e. The van der Waals surface area contributed by atoms with E-state index < -0.39 is 21.9 Å². The zero-order valence-electron chi connectivity index (χ0n) is 11.1. The number of hydrogen-bond donors (Lipinski definition) is 3. The fourth-order valence-electron chi connectivity index (χ4n) is 1.62. The molecular weight excluding hydrogens is 284 g/mol. The first-order valence-corrected chi connectivity index (χ1v) is 7.26. The molecule has 0 bridgehead atoms. The summed E-state index contributed by atoms with van der Waals surface area (Å²) in [5.41, 5.74) is 5.83. The van der Waals surface area contributed by atoms with Crippen molar-refractivity contribution in [3.05, 3.63) is 28.8 Å². The van der Waals surface area contributed by atoms with E-state index in [4.69, 9.17) is 10.8 Å². The van der Waals surface area contributed by atoms with Crippen LogP contribution in [0.25, 0.3) is 0 Å². The third kappa shape index (κ3) is 3.78. The van der Waals surface area contributed by atoms with Gasteiger partial charge in [-0.05, 0) is 37.1 Å². The van der Waals surface area contributed by atoms with Crippen LogP contribution in [0.4, 0.5) is 0 Å². The van der Waals surface area contributed by atoms with Crippen molar-refractivity contribution < 1.29 is 23.1 Å². The second kappa shape index (κ2) is 6.02. The molecule has 1 aromatic rings. The summed E-state index contributed by atoms with van der Waals surface area (Å²) in [6.07, 6.45) is -0.129. The van der Waals surface area contributed by atoms with Crippen molar-refractivity contribution in [3.8, 4) is 0 Å². The lowest BCUT2D eigenvalue weighted by molar-refractivity contribution is -0.117. The molecule has 4 N–H and O–H groups in total. The van der Waals surface area contributed by atoms with E-state index in [1.54, 1.807) is 13.8 Å². The smallest absolute Gasteiger partial charge is 0.335 e. The summed E-state index contributed by atoms with van der Waals surface area (Å²) >= 11 is 0. The van der Waals surface area contributed by atoms with Crippen LogP contribution in [0.1, 0.15) is 27.9 Å². The van der Waals surface area contributed by atoms with Gasteiger partial charge in [-0.1, -0.05) is 0 Å². The van der Waals surface area contributed by atoms with Crippen molar-refractivity contribution in [2.24, 2.45) is 5.73 Å². The quantitative estimate of drug-likeness (QED) is 0.689. The molecule has 0 aliphatic heterocycles. The number of nitrogens with one attached hydrogen (secondary N) is 1. The van der Waals surface area contributed by atoms with E-state index in [1.807, 2.05) is 0 Å². The molecule has 0 saturated carbocycles. The van der Waals surface area contributed by atoms with Crippen molar-refractivity contribution in [2.75, 3.05) is 6.54 Å². The number of hydrogen-bond acceptors (Lipinski definition) is 4. The maximum atomic E-state index is 12.1. The number of carbonyl (C=O) groups is 2. The van der Waals surface area contributed by atoms with Crippen LogP contribution in [0.5, 0.6) is 0 Å². The lowest BCUT2D eigenvalue weighted by Gasteiger charge is -2.12. The number of nitrogens with two attached hydrogens (primary N) is 1. The fourth-order valence-corrected chi connectivity index (χ4v) is 2.99. The summed E-state index contributed by atoms with van der Waals surface area (Å²) in [5.74, 6) is -1.83. The number of rotatable bonds is 6. The molecule has 1 aromatic carbocycles. The second-order valence-electron chi connectivity index (χ2n) is 4.34. The minimum absolute atomic E-state index is 0.108. The molecule has 0 fully saturated rings. The van der Waals surface area contributed by atoms with Gasteiger partial charge in [0.05, 0.1) is 10.5 Å². The van der Waals surface area contributed by atoms with E-state index in [9.17, 15) is 18.0 Å². The van der Waals surface area contributed by atoms with Gasteiger partial charge >= 0.3 is 5.97 Å². The van der Waals surface area contributed by atoms with Crippen LogP contribution < -0.4 is 10.5 Å². The average molecular weight is 300 g/mol. The Morgan fingerprint density at radius 3 is 2.40 bits per heavy atom. The van der Waals surface area contributed by atoms with Crippen molar-refractivity contribution in [1.29, 1.82) is 0 Å². The number of benzene rings is 1. The summed E-state index contributed by atoms with van der Waals surface area (Å²) in [6.45, 7) is 3.08. The first kappa shape index (κ1) is 16.1. The number of sulfonamides is 1. The van der Waals surface area contributed by atoms with Crippen molar-refractivity contribution in [3.63, 3.8) is 0 Å². The maximum absolute atomic E-state index is 12.1. The Kier molecular flexibility index (Phi) is 4.85. The molecule has 0 unspecified atom stereocenters. The van der Waals surface area contributed by atoms with Gasteiger partial charge in [0.15, 0.2) is 0 Å². The number of aryl methyl sites for hydroxylation is 1. The lowest BCUT2D eigenvalue weighted by Crippen LogP contribution is -2.28. The number of carboxylic acid groups (broad SMARTS) is 1. The molecule has 0 saturated heterocycles. The number of aromatic carboxylic acids is 1. The Morgan fingerprint density at radius 2 is 1.90 bits per heavy atom. The summed E-state index contributed by atoms with van der Waals surface area (Å²) in [4.78, 5) is 21.5. The highest BCUT2D eigenvalue weighted by molar-refractivity contribution is 7.89. The first-order valence-electron chi connectivity index (χ1n) is 5.77. The fraction of sp³-hybridized carbons (Fsp3) is 0.333. The Morgan fingerprint density at radius 1 is 1.30 bits per heavy atom. The number of amides is 1. The van der Waals surface area contributed by atoms with Gasteiger partial charge in [-0.3, -0.25) is 4.79 Å². The van der Waals surface area contributed by atoms with E-state index in [0.29, 0.717) is 11.1 Å². The molecule has 8 heteroatoms. The van der Waals surface area contributed by atoms with Gasteiger partial charge in [-0.25, -0.2) is 17.9 Å². The van der Waals surface area contributed by atoms with Gasteiger partial charge in [0.2, 0.25) is 15.9 Å². The SMILES string of the molecule is Cc1cc(C(=O)O)cc(S(=O)(=O)NCCC(N)=O)c1C. The highest BCUT2D eigenvalue weighted by Crippen LogP contribution is 2.21. The van der Waals surface area contributed by atoms with Gasteiger partial charge in [0.1, 0.15) is 0 Å². The molecule has 0 atom stereocenters. The molecule has 1 rings (SSSR count). The Hall–Kier alpha value is -1.93. The summed E-state index contributed by atoms with van der Waals surface area (Å²) in [7, 11) is -3.89. The van der Waals surface area contributed by atoms with Crippen LogP contribution in [-0.4, -0.2) is 31.9 Å². The molecule has 0 aromatic heterocycles. The van der Waals surface area contributed by atoms with Crippen molar-refractivity contribution in [1.82, 2.24) is 4.72 Å². The summed E-state index contributed by atoms with van der Waals surface area (Å²) in [6, 6.07) is 2.50. The Balaban J connectivity index is 3.17. The summed E-state index contributed by atoms with van der Waals surface area (Å²) < 4.78 is 26.4. The molecule has 20 heavy (non-hydrogen) atoms. The standard InChI is InChI=1S/C12H16N2O5S/c1-7-5-9(12(16)17)6-10(8(7)2)20(18,19)14-4-3-11(13)15/h5-6,14H,3-4H2,1-2H3,(H2,13,15)(H,16,17). The molecule has 7 nitrogen and oxygen atoms in total. The van der Waals surface area contributed by atoms with E-state index in [2.05, 4.69) is 4.72 Å². The number of primary amides is 1. The number of carboxylic acids is 1. The zero-order valence-corrected chi connectivity index (χ0v) is 12.0. The van der Waals surface area contributed by atoms with Gasteiger partial charge in [0.25, 0.3) is 0 Å². The van der Waals surface area contributed by atoms with E-state index in [0.717, 1.165) is 6.07 Å². The normalized spacial score (nSPS) is 11.3. The molecule has 0 spiro atoms. The number of carbonyl (C=O) groups excluding carboxylic acids is 1. The topological polar surface area (TPSA) is 127 Å². The highest BCUT2D eigenvalue weighted by atomic mass is 32.2. The molecule has 110 valence electrons. The van der Waals surface area contributed by atoms with E-state index >= 15 is 0 Å². The minimum atomic E-state index is -3.89. The van der Waals surface area contributed by atoms with Crippen molar-refractivity contribution in [2.45, 2.75) is 25.2 Å². The first-order chi connectivity index (χ1) is 9.15. The molecular formula is C12H16N2O5S. The predicted octanol–water partition coefficient (Wildman–Crippen LogP) is 0.155.